The van der Waals surface area contributed by atoms with Crippen LogP contribution in [0.15, 0.2) is 6.07 Å². The fourth-order valence-corrected chi connectivity index (χ4v) is 1.58. The lowest BCUT2D eigenvalue weighted by atomic mass is 10.2. The van der Waals surface area contributed by atoms with Crippen LogP contribution in [-0.4, -0.2) is 32.4 Å². The van der Waals surface area contributed by atoms with Crippen molar-refractivity contribution >= 4 is 17.6 Å². The molecule has 0 saturated heterocycles. The molecule has 5 nitrogen and oxygen atoms in total. The molecule has 0 aromatic heterocycles. The zero-order chi connectivity index (χ0) is 12.3. The lowest BCUT2D eigenvalue weighted by molar-refractivity contribution is 0.0696. The predicted molar refractivity (Wildman–Crippen MR) is 58.1 cm³/mol. The first-order chi connectivity index (χ1) is 7.56. The number of methoxy groups -OCH3 is 3. The summed E-state index contributed by atoms with van der Waals surface area (Å²) in [6.45, 7) is 0. The van der Waals surface area contributed by atoms with Crippen LogP contribution in [0, 0.1) is 0 Å². The third-order valence-corrected chi connectivity index (χ3v) is 2.38. The van der Waals surface area contributed by atoms with Gasteiger partial charge >= 0.3 is 5.97 Å². The molecule has 1 aromatic rings. The van der Waals surface area contributed by atoms with Crippen molar-refractivity contribution in [2.24, 2.45) is 0 Å². The Morgan fingerprint density at radius 2 is 1.75 bits per heavy atom. The molecule has 0 saturated carbocycles. The van der Waals surface area contributed by atoms with E-state index in [1.807, 2.05) is 0 Å². The second-order valence-electron chi connectivity index (χ2n) is 2.81. The molecule has 0 heterocycles. The number of halogens is 1. The summed E-state index contributed by atoms with van der Waals surface area (Å²) in [7, 11) is 4.18. The number of carboxylic acids is 1. The van der Waals surface area contributed by atoms with Crippen LogP contribution < -0.4 is 14.2 Å². The second-order valence-corrected chi connectivity index (χ2v) is 3.19. The highest BCUT2D eigenvalue weighted by Crippen LogP contribution is 2.44. The third kappa shape index (κ3) is 1.99. The lowest BCUT2D eigenvalue weighted by Crippen LogP contribution is -2.03. The van der Waals surface area contributed by atoms with Gasteiger partial charge < -0.3 is 19.3 Å². The molecule has 0 aliphatic heterocycles. The molecular formula is C10H11ClO5. The molecule has 0 aliphatic rings. The number of hydrogen-bond donors (Lipinski definition) is 1. The number of hydrogen-bond acceptors (Lipinski definition) is 4. The molecule has 88 valence electrons. The normalized spacial score (nSPS) is 9.75. The van der Waals surface area contributed by atoms with Crippen molar-refractivity contribution in [2.75, 3.05) is 21.3 Å². The lowest BCUT2D eigenvalue weighted by Gasteiger charge is -2.14. The van der Waals surface area contributed by atoms with Crippen LogP contribution >= 0.6 is 11.6 Å². The number of rotatable bonds is 4. The fraction of sp³-hybridized carbons (Fsp3) is 0.300. The van der Waals surface area contributed by atoms with Gasteiger partial charge in [0.1, 0.15) is 5.02 Å². The smallest absolute Gasteiger partial charge is 0.337 e. The van der Waals surface area contributed by atoms with E-state index in [9.17, 15) is 4.79 Å². The first-order valence-electron chi connectivity index (χ1n) is 4.28. The van der Waals surface area contributed by atoms with Crippen molar-refractivity contribution in [3.05, 3.63) is 16.7 Å². The van der Waals surface area contributed by atoms with Gasteiger partial charge in [0.05, 0.1) is 26.9 Å². The highest BCUT2D eigenvalue weighted by molar-refractivity contribution is 6.35. The van der Waals surface area contributed by atoms with Crippen molar-refractivity contribution in [3.8, 4) is 17.2 Å². The van der Waals surface area contributed by atoms with Gasteiger partial charge in [0.2, 0.25) is 5.75 Å². The van der Waals surface area contributed by atoms with Crippen molar-refractivity contribution in [3.63, 3.8) is 0 Å². The van der Waals surface area contributed by atoms with Gasteiger partial charge in [-0.1, -0.05) is 11.6 Å². The summed E-state index contributed by atoms with van der Waals surface area (Å²) in [6.07, 6.45) is 0. The van der Waals surface area contributed by atoms with Crippen molar-refractivity contribution < 1.29 is 24.1 Å². The molecule has 1 rings (SSSR count). The molecule has 0 fully saturated rings. The molecule has 6 heteroatoms. The Morgan fingerprint density at radius 1 is 1.19 bits per heavy atom. The molecular weight excluding hydrogens is 236 g/mol. The van der Waals surface area contributed by atoms with Crippen LogP contribution in [0.1, 0.15) is 10.4 Å². The first kappa shape index (κ1) is 12.4. The van der Waals surface area contributed by atoms with E-state index in [1.54, 1.807) is 0 Å². The average Bonchev–Trinajstić information content (AvgIpc) is 2.27. The number of carboxylic acid groups (broad SMARTS) is 1. The third-order valence-electron chi connectivity index (χ3n) is 2.00. The summed E-state index contributed by atoms with van der Waals surface area (Å²) in [4.78, 5) is 10.9. The van der Waals surface area contributed by atoms with E-state index in [-0.39, 0.29) is 27.8 Å². The maximum atomic E-state index is 10.9. The SMILES string of the molecule is COc1cc(C(=O)O)c(Cl)c(OC)c1OC. The number of ether oxygens (including phenoxy) is 3. The minimum atomic E-state index is -1.16. The van der Waals surface area contributed by atoms with E-state index in [2.05, 4.69) is 0 Å². The van der Waals surface area contributed by atoms with Gasteiger partial charge in [-0.25, -0.2) is 4.79 Å². The standard InChI is InChI=1S/C10H11ClO5/c1-14-6-4-5(10(12)13)7(11)9(16-3)8(6)15-2/h4H,1-3H3,(H,12,13). The van der Waals surface area contributed by atoms with Gasteiger partial charge in [0.15, 0.2) is 11.5 Å². The van der Waals surface area contributed by atoms with E-state index in [1.165, 1.54) is 27.4 Å². The van der Waals surface area contributed by atoms with Crippen LogP contribution in [-0.2, 0) is 0 Å². The maximum absolute atomic E-state index is 10.9. The summed E-state index contributed by atoms with van der Waals surface area (Å²) in [5.74, 6) is -0.508. The van der Waals surface area contributed by atoms with Crippen LogP contribution in [0.3, 0.4) is 0 Å². The molecule has 1 N–H and O–H groups in total. The number of aromatic carboxylic acids is 1. The van der Waals surface area contributed by atoms with Crippen LogP contribution in [0.25, 0.3) is 0 Å². The second kappa shape index (κ2) is 4.94. The topological polar surface area (TPSA) is 65.0 Å². The summed E-state index contributed by atoms with van der Waals surface area (Å²) in [5.41, 5.74) is -0.101. The molecule has 1 aromatic carbocycles. The van der Waals surface area contributed by atoms with E-state index >= 15 is 0 Å². The summed E-state index contributed by atoms with van der Waals surface area (Å²) in [5, 5.41) is 8.91. The zero-order valence-corrected chi connectivity index (χ0v) is 9.79. The highest BCUT2D eigenvalue weighted by Gasteiger charge is 2.22. The van der Waals surface area contributed by atoms with Crippen LogP contribution in [0.4, 0.5) is 0 Å². The van der Waals surface area contributed by atoms with Crippen molar-refractivity contribution in [1.29, 1.82) is 0 Å². The summed E-state index contributed by atoms with van der Waals surface area (Å²) in [6, 6.07) is 1.28. The molecule has 0 bridgehead atoms. The van der Waals surface area contributed by atoms with Gasteiger partial charge in [0.25, 0.3) is 0 Å². The Kier molecular flexibility index (Phi) is 3.84. The molecule has 0 aliphatic carbocycles. The Morgan fingerprint density at radius 3 is 2.12 bits per heavy atom. The minimum Gasteiger partial charge on any atom is -0.493 e. The number of carbonyl (C=O) groups is 1. The molecule has 16 heavy (non-hydrogen) atoms. The first-order valence-corrected chi connectivity index (χ1v) is 4.66. The van der Waals surface area contributed by atoms with Crippen molar-refractivity contribution in [2.45, 2.75) is 0 Å². The molecule has 0 radical (unpaired) electrons. The van der Waals surface area contributed by atoms with Gasteiger partial charge in [-0.3, -0.25) is 0 Å². The quantitative estimate of drug-likeness (QED) is 0.881. The summed E-state index contributed by atoms with van der Waals surface area (Å²) >= 11 is 5.88. The van der Waals surface area contributed by atoms with E-state index in [0.717, 1.165) is 0 Å². The van der Waals surface area contributed by atoms with E-state index in [4.69, 9.17) is 30.9 Å². The van der Waals surface area contributed by atoms with Gasteiger partial charge in [0, 0.05) is 6.07 Å². The zero-order valence-electron chi connectivity index (χ0n) is 9.04. The Balaban J connectivity index is 3.54. The Bertz CT molecular complexity index is 416. The van der Waals surface area contributed by atoms with Crippen molar-refractivity contribution in [1.82, 2.24) is 0 Å². The van der Waals surface area contributed by atoms with Crippen LogP contribution in [0.2, 0.25) is 5.02 Å². The largest absolute Gasteiger partial charge is 0.493 e. The average molecular weight is 247 g/mol. The van der Waals surface area contributed by atoms with Gasteiger partial charge in [-0.2, -0.15) is 0 Å². The Labute approximate surface area is 97.5 Å². The fourth-order valence-electron chi connectivity index (χ4n) is 1.28. The number of benzene rings is 1. The maximum Gasteiger partial charge on any atom is 0.337 e. The molecule has 0 amide bonds. The predicted octanol–water partition coefficient (Wildman–Crippen LogP) is 2.06. The molecule has 0 unspecified atom stereocenters. The highest BCUT2D eigenvalue weighted by atomic mass is 35.5. The monoisotopic (exact) mass is 246 g/mol. The van der Waals surface area contributed by atoms with Gasteiger partial charge in [-0.15, -0.1) is 0 Å². The van der Waals surface area contributed by atoms with E-state index < -0.39 is 5.97 Å². The molecule has 0 spiro atoms. The molecule has 0 atom stereocenters. The van der Waals surface area contributed by atoms with Crippen LogP contribution in [0.5, 0.6) is 17.2 Å². The minimum absolute atomic E-state index is 0.0207. The van der Waals surface area contributed by atoms with E-state index in [0.29, 0.717) is 0 Å². The summed E-state index contributed by atoms with van der Waals surface area (Å²) < 4.78 is 15.0. The van der Waals surface area contributed by atoms with Gasteiger partial charge in [-0.05, 0) is 0 Å². The Hall–Kier alpha value is -1.62.